The van der Waals surface area contributed by atoms with Crippen LogP contribution in [0.25, 0.3) is 61.7 Å². The zero-order valence-electron chi connectivity index (χ0n) is 52.3. The van der Waals surface area contributed by atoms with Gasteiger partial charge in [0.15, 0.2) is 11.6 Å². The number of aromatic hydroxyl groups is 2. The Morgan fingerprint density at radius 2 is 1.11 bits per heavy atom. The van der Waals surface area contributed by atoms with E-state index in [1.807, 2.05) is 31.4 Å². The van der Waals surface area contributed by atoms with E-state index in [4.69, 9.17) is 0 Å². The van der Waals surface area contributed by atoms with E-state index in [1.54, 1.807) is 72.5 Å². The van der Waals surface area contributed by atoms with Crippen LogP contribution in [0, 0.1) is 11.6 Å². The Balaban J connectivity index is 0.000000146. The van der Waals surface area contributed by atoms with Gasteiger partial charge >= 0.3 is 0 Å². The number of aromatic nitrogens is 13. The molecule has 3 aliphatic heterocycles. The van der Waals surface area contributed by atoms with Crippen molar-refractivity contribution in [1.29, 1.82) is 0 Å². The van der Waals surface area contributed by atoms with Crippen LogP contribution in [0.15, 0.2) is 123 Å². The summed E-state index contributed by atoms with van der Waals surface area (Å²) in [5.41, 5.74) is 6.44. The molecule has 9 aromatic rings. The molecule has 6 N–H and O–H groups in total. The minimum absolute atomic E-state index is 0.0560. The van der Waals surface area contributed by atoms with Crippen LogP contribution in [0.2, 0.25) is 0 Å². The van der Waals surface area contributed by atoms with Crippen LogP contribution in [0.1, 0.15) is 94.9 Å². The number of anilines is 3. The van der Waals surface area contributed by atoms with Crippen molar-refractivity contribution in [3.8, 4) is 73.2 Å². The molecular formula is C65H81F2N19O2. The van der Waals surface area contributed by atoms with Crippen LogP contribution in [-0.4, -0.2) is 149 Å². The second kappa shape index (κ2) is 25.5. The highest BCUT2D eigenvalue weighted by Gasteiger charge is 2.40. The maximum Gasteiger partial charge on any atom is 0.168 e. The first-order valence-electron chi connectivity index (χ1n) is 29.8. The van der Waals surface area contributed by atoms with Crippen LogP contribution in [0.4, 0.5) is 26.2 Å². The maximum atomic E-state index is 14.7. The molecule has 23 heteroatoms. The summed E-state index contributed by atoms with van der Waals surface area (Å²) in [6.07, 6.45) is 24.2. The summed E-state index contributed by atoms with van der Waals surface area (Å²) < 4.78 is 30.9. The Hall–Kier alpha value is -8.80. The van der Waals surface area contributed by atoms with Crippen LogP contribution >= 0.6 is 0 Å². The lowest BCUT2D eigenvalue weighted by Crippen LogP contribution is -2.62. The van der Waals surface area contributed by atoms with E-state index in [0.29, 0.717) is 57.6 Å². The number of aromatic amines is 1. The van der Waals surface area contributed by atoms with Crippen molar-refractivity contribution in [3.05, 3.63) is 135 Å². The van der Waals surface area contributed by atoms with Crippen molar-refractivity contribution in [2.24, 2.45) is 7.05 Å². The molecule has 3 aromatic carbocycles. The van der Waals surface area contributed by atoms with Gasteiger partial charge in [0.2, 0.25) is 0 Å². The second-order valence-electron chi connectivity index (χ2n) is 26.4. The Bertz CT molecular complexity index is 3750. The molecule has 3 saturated heterocycles. The van der Waals surface area contributed by atoms with Crippen molar-refractivity contribution in [1.82, 2.24) is 80.8 Å². The number of nitrogens with zero attached hydrogens (tertiary/aromatic N) is 15. The Labute approximate surface area is 513 Å². The van der Waals surface area contributed by atoms with Crippen LogP contribution in [0.3, 0.4) is 0 Å². The number of nitrogens with one attached hydrogen (secondary N) is 4. The monoisotopic (exact) mass is 1200 g/mol. The predicted octanol–water partition coefficient (Wildman–Crippen LogP) is 10.2. The van der Waals surface area contributed by atoms with E-state index >= 15 is 0 Å². The molecule has 3 fully saturated rings. The van der Waals surface area contributed by atoms with Crippen molar-refractivity contribution < 1.29 is 19.0 Å². The molecule has 9 heterocycles. The molecular weight excluding hydrogens is 1120 g/mol. The van der Waals surface area contributed by atoms with Gasteiger partial charge in [0, 0.05) is 132 Å². The highest BCUT2D eigenvalue weighted by molar-refractivity contribution is 5.74. The smallest absolute Gasteiger partial charge is 0.168 e. The van der Waals surface area contributed by atoms with Crippen molar-refractivity contribution in [2.45, 2.75) is 135 Å². The zero-order chi connectivity index (χ0) is 62.7. The Kier molecular flexibility index (Phi) is 18.0. The van der Waals surface area contributed by atoms with Crippen LogP contribution < -0.4 is 30.7 Å². The number of hydrogen-bond acceptors (Lipinski definition) is 18. The van der Waals surface area contributed by atoms with Gasteiger partial charge in [-0.15, -0.1) is 0 Å². The zero-order valence-corrected chi connectivity index (χ0v) is 52.3. The van der Waals surface area contributed by atoms with Crippen LogP contribution in [0.5, 0.6) is 11.5 Å². The molecule has 462 valence electrons. The fourth-order valence-corrected chi connectivity index (χ4v) is 12.1. The van der Waals surface area contributed by atoms with Crippen molar-refractivity contribution >= 4 is 17.5 Å². The van der Waals surface area contributed by atoms with Gasteiger partial charge in [-0.1, -0.05) is 12.1 Å². The standard InChI is InChI=1S/C22H29N7O.C22H28N6O.C21H24F2N6/c1-21(2)11-16(12-22(3,4)27-21)28(5)20-14-23-18(13-24-20)17-7-6-15(10-19(17)30)29-25-8-9-26-29;1-22(2,3)26-17-7-8-28(14-17)21-12-23-19(11-24-21)18-6-5-15(9-20(18)29)16-10-25-27(4)13-16;1-21(2,3)28-14-6-7-29(12-14)18-11-24-17(10-25-18)16-5-4-15(19(22)20(16)23)13-8-26-27-9-13/h6-10,13-14,16,27,30H,11-12H2,1-5H3;5-6,9-13,17,26,29H,7-8,14H2,1-4H3;4-5,8-11,14,28H,6-7,12H2,1-3H3,(H,26,27). The summed E-state index contributed by atoms with van der Waals surface area (Å²) in [4.78, 5) is 35.2. The molecule has 0 saturated carbocycles. The summed E-state index contributed by atoms with van der Waals surface area (Å²) in [5, 5.41) is 50.7. The number of phenolic OH excluding ortho intramolecular Hbond substituents is 2. The van der Waals surface area contributed by atoms with Crippen LogP contribution in [-0.2, 0) is 7.05 Å². The second-order valence-corrected chi connectivity index (χ2v) is 26.4. The topological polar surface area (TPSA) is 241 Å². The van der Waals surface area contributed by atoms with E-state index in [-0.39, 0.29) is 44.8 Å². The number of halogens is 2. The summed E-state index contributed by atoms with van der Waals surface area (Å²) in [5.74, 6) is 0.869. The largest absolute Gasteiger partial charge is 0.507 e. The van der Waals surface area contributed by atoms with E-state index in [0.717, 1.165) is 80.4 Å². The lowest BCUT2D eigenvalue weighted by Gasteiger charge is -2.49. The molecule has 88 heavy (non-hydrogen) atoms. The molecule has 0 radical (unpaired) electrons. The highest BCUT2D eigenvalue weighted by Crippen LogP contribution is 2.36. The SMILES string of the molecule is CC(C)(C)NC1CCN(c2cnc(-c3ccc(-c4cn[nH]c4)c(F)c3F)cn2)C1.CN(c1cnc(-c2ccc(-n3nccn3)cc2O)cn1)C1CC(C)(C)NC(C)(C)C1.Cn1cc(-c2ccc(-c3cnc(N4CCC(NC(C)(C)C)C4)cn3)c(O)c2)cn1. The molecule has 21 nitrogen and oxygen atoms in total. The van der Waals surface area contributed by atoms with Gasteiger partial charge in [-0.05, 0) is 131 Å². The predicted molar refractivity (Wildman–Crippen MR) is 340 cm³/mol. The molecule has 6 aromatic heterocycles. The van der Waals surface area contributed by atoms with E-state index in [1.165, 1.54) is 35.5 Å². The highest BCUT2D eigenvalue weighted by atomic mass is 19.2. The third-order valence-corrected chi connectivity index (χ3v) is 15.7. The number of benzene rings is 3. The molecule has 0 amide bonds. The lowest BCUT2D eigenvalue weighted by atomic mass is 9.79. The fraction of sp³-hybridized carbons (Fsp3) is 0.415. The average Bonchev–Trinajstić information content (AvgIpc) is 1.72. The number of aryl methyl sites for hydroxylation is 1. The van der Waals surface area contributed by atoms with E-state index < -0.39 is 11.6 Å². The fourth-order valence-electron chi connectivity index (χ4n) is 12.1. The average molecular weight is 1200 g/mol. The number of hydrogen-bond donors (Lipinski definition) is 6. The number of piperidine rings is 1. The normalized spacial score (nSPS) is 17.5. The Morgan fingerprint density at radius 3 is 1.60 bits per heavy atom. The lowest BCUT2D eigenvalue weighted by molar-refractivity contribution is 0.160. The first-order chi connectivity index (χ1) is 41.7. The molecule has 0 aliphatic carbocycles. The number of rotatable bonds is 12. The minimum Gasteiger partial charge on any atom is -0.507 e. The summed E-state index contributed by atoms with van der Waals surface area (Å²) in [6, 6.07) is 15.1. The first kappa shape index (κ1) is 62.3. The van der Waals surface area contributed by atoms with E-state index in [2.05, 4.69) is 162 Å². The summed E-state index contributed by atoms with van der Waals surface area (Å²) in [6.45, 7) is 25.6. The molecule has 0 bridgehead atoms. The summed E-state index contributed by atoms with van der Waals surface area (Å²) >= 11 is 0. The van der Waals surface area contributed by atoms with Gasteiger partial charge < -0.3 is 40.9 Å². The third-order valence-electron chi connectivity index (χ3n) is 15.7. The number of H-pyrrole nitrogens is 1. The maximum absolute atomic E-state index is 14.7. The van der Waals surface area contributed by atoms with Gasteiger partial charge in [-0.25, -0.2) is 23.7 Å². The van der Waals surface area contributed by atoms with Gasteiger partial charge in [-0.3, -0.25) is 24.7 Å². The van der Waals surface area contributed by atoms with Crippen molar-refractivity contribution in [3.63, 3.8) is 0 Å². The van der Waals surface area contributed by atoms with Gasteiger partial charge in [0.25, 0.3) is 0 Å². The van der Waals surface area contributed by atoms with Gasteiger partial charge in [-0.2, -0.15) is 25.2 Å². The number of phenols is 2. The Morgan fingerprint density at radius 1 is 0.591 bits per heavy atom. The molecule has 2 unspecified atom stereocenters. The molecule has 12 rings (SSSR count). The third kappa shape index (κ3) is 15.3. The molecule has 3 aliphatic rings. The molecule has 2 atom stereocenters. The van der Waals surface area contributed by atoms with Crippen molar-refractivity contribution in [2.75, 3.05) is 47.9 Å². The van der Waals surface area contributed by atoms with Gasteiger partial charge in [0.05, 0.1) is 84.7 Å². The van der Waals surface area contributed by atoms with E-state index in [9.17, 15) is 19.0 Å². The summed E-state index contributed by atoms with van der Waals surface area (Å²) in [7, 11) is 3.95. The minimum atomic E-state index is -0.943. The van der Waals surface area contributed by atoms with Gasteiger partial charge in [0.1, 0.15) is 29.0 Å². The quantitative estimate of drug-likeness (QED) is 0.0666. The first-order valence-corrected chi connectivity index (χ1v) is 29.8. The molecule has 0 spiro atoms.